The van der Waals surface area contributed by atoms with Gasteiger partial charge >= 0.3 is 0 Å². The van der Waals surface area contributed by atoms with E-state index in [-0.39, 0.29) is 12.4 Å². The molecule has 6 heteroatoms. The molecule has 0 radical (unpaired) electrons. The van der Waals surface area contributed by atoms with E-state index in [1.807, 2.05) is 18.9 Å². The van der Waals surface area contributed by atoms with Crippen LogP contribution in [0.25, 0.3) is 0 Å². The number of hydrogen-bond acceptors (Lipinski definition) is 5. The first-order valence-corrected chi connectivity index (χ1v) is 7.98. The first-order chi connectivity index (χ1) is 7.66. The molecule has 104 valence electrons. The summed E-state index contributed by atoms with van der Waals surface area (Å²) in [5.74, 6) is 0.203. The summed E-state index contributed by atoms with van der Waals surface area (Å²) < 4.78 is 21.9. The fourth-order valence-electron chi connectivity index (χ4n) is 1.42. The Hall–Kier alpha value is -0.170. The van der Waals surface area contributed by atoms with Crippen LogP contribution in [0.3, 0.4) is 0 Å². The SMILES string of the molecule is CN(CCCCC(C)(N)CO)CCS(C)(=O)=O. The Balaban J connectivity index is 3.62. The van der Waals surface area contributed by atoms with Gasteiger partial charge in [-0.25, -0.2) is 8.42 Å². The maximum atomic E-state index is 11.0. The van der Waals surface area contributed by atoms with E-state index in [0.29, 0.717) is 6.54 Å². The number of hydrogen-bond donors (Lipinski definition) is 2. The fraction of sp³-hybridized carbons (Fsp3) is 1.00. The van der Waals surface area contributed by atoms with Crippen LogP contribution in [0.1, 0.15) is 26.2 Å². The highest BCUT2D eigenvalue weighted by Crippen LogP contribution is 2.09. The fourth-order valence-corrected chi connectivity index (χ4v) is 2.07. The van der Waals surface area contributed by atoms with Crippen molar-refractivity contribution >= 4 is 9.84 Å². The summed E-state index contributed by atoms with van der Waals surface area (Å²) in [6, 6.07) is 0. The van der Waals surface area contributed by atoms with Crippen LogP contribution >= 0.6 is 0 Å². The predicted octanol–water partition coefficient (Wildman–Crippen LogP) is -0.157. The number of aliphatic hydroxyl groups excluding tert-OH is 1. The molecule has 0 fully saturated rings. The second kappa shape index (κ2) is 7.31. The predicted molar refractivity (Wildman–Crippen MR) is 70.7 cm³/mol. The van der Waals surface area contributed by atoms with Crippen molar-refractivity contribution in [1.82, 2.24) is 4.90 Å². The lowest BCUT2D eigenvalue weighted by atomic mass is 9.97. The van der Waals surface area contributed by atoms with Gasteiger partial charge in [0.05, 0.1) is 12.4 Å². The molecule has 0 aliphatic carbocycles. The van der Waals surface area contributed by atoms with Gasteiger partial charge in [0.2, 0.25) is 0 Å². The molecule has 0 saturated carbocycles. The minimum absolute atomic E-state index is 0.00306. The van der Waals surface area contributed by atoms with Gasteiger partial charge in [-0.2, -0.15) is 0 Å². The molecular weight excluding hydrogens is 240 g/mol. The van der Waals surface area contributed by atoms with E-state index < -0.39 is 15.4 Å². The van der Waals surface area contributed by atoms with Crippen molar-refractivity contribution in [3.05, 3.63) is 0 Å². The zero-order valence-electron chi connectivity index (χ0n) is 11.1. The summed E-state index contributed by atoms with van der Waals surface area (Å²) in [5.41, 5.74) is 5.31. The first-order valence-electron chi connectivity index (χ1n) is 5.92. The van der Waals surface area contributed by atoms with Crippen molar-refractivity contribution < 1.29 is 13.5 Å². The molecule has 1 atom stereocenters. The molecule has 0 aliphatic rings. The Kier molecular flexibility index (Phi) is 7.23. The molecule has 0 bridgehead atoms. The normalized spacial score (nSPS) is 16.1. The molecule has 0 amide bonds. The number of unbranched alkanes of at least 4 members (excludes halogenated alkanes) is 1. The van der Waals surface area contributed by atoms with Gasteiger partial charge in [-0.3, -0.25) is 0 Å². The topological polar surface area (TPSA) is 83.6 Å². The van der Waals surface area contributed by atoms with Gasteiger partial charge in [0.1, 0.15) is 9.84 Å². The van der Waals surface area contributed by atoms with Gasteiger partial charge in [-0.1, -0.05) is 6.42 Å². The van der Waals surface area contributed by atoms with E-state index in [4.69, 9.17) is 10.8 Å². The van der Waals surface area contributed by atoms with Gasteiger partial charge < -0.3 is 15.7 Å². The minimum Gasteiger partial charge on any atom is -0.394 e. The van der Waals surface area contributed by atoms with E-state index in [1.165, 1.54) is 6.26 Å². The Morgan fingerprint density at radius 3 is 2.35 bits per heavy atom. The van der Waals surface area contributed by atoms with Crippen LogP contribution in [-0.4, -0.2) is 62.7 Å². The van der Waals surface area contributed by atoms with Crippen molar-refractivity contribution in [3.63, 3.8) is 0 Å². The second-order valence-corrected chi connectivity index (χ2v) is 7.46. The summed E-state index contributed by atoms with van der Waals surface area (Å²) >= 11 is 0. The molecule has 0 aliphatic heterocycles. The van der Waals surface area contributed by atoms with Crippen LogP contribution in [0.2, 0.25) is 0 Å². The maximum absolute atomic E-state index is 11.0. The van der Waals surface area contributed by atoms with Crippen LogP contribution in [0.15, 0.2) is 0 Å². The molecule has 5 nitrogen and oxygen atoms in total. The second-order valence-electron chi connectivity index (χ2n) is 5.20. The molecule has 0 heterocycles. The molecule has 1 unspecified atom stereocenters. The Bertz CT molecular complexity index is 302. The Morgan fingerprint density at radius 1 is 1.29 bits per heavy atom. The number of sulfone groups is 1. The zero-order chi connectivity index (χ0) is 13.5. The highest BCUT2D eigenvalue weighted by Gasteiger charge is 2.15. The number of rotatable bonds is 9. The van der Waals surface area contributed by atoms with Crippen LogP contribution in [-0.2, 0) is 9.84 Å². The number of nitrogens with zero attached hydrogens (tertiary/aromatic N) is 1. The lowest BCUT2D eigenvalue weighted by Crippen LogP contribution is -2.40. The van der Waals surface area contributed by atoms with E-state index in [2.05, 4.69) is 0 Å². The van der Waals surface area contributed by atoms with Crippen molar-refractivity contribution in [3.8, 4) is 0 Å². The molecule has 0 spiro atoms. The third-order valence-corrected chi connectivity index (χ3v) is 3.67. The van der Waals surface area contributed by atoms with E-state index >= 15 is 0 Å². The summed E-state index contributed by atoms with van der Waals surface area (Å²) in [6.45, 7) is 3.26. The van der Waals surface area contributed by atoms with Gasteiger partial charge in [-0.15, -0.1) is 0 Å². The highest BCUT2D eigenvalue weighted by atomic mass is 32.2. The van der Waals surface area contributed by atoms with Crippen molar-refractivity contribution in [1.29, 1.82) is 0 Å². The lowest BCUT2D eigenvalue weighted by molar-refractivity contribution is 0.195. The largest absolute Gasteiger partial charge is 0.394 e. The number of nitrogens with two attached hydrogens (primary N) is 1. The highest BCUT2D eigenvalue weighted by molar-refractivity contribution is 7.90. The lowest BCUT2D eigenvalue weighted by Gasteiger charge is -2.22. The molecule has 3 N–H and O–H groups in total. The van der Waals surface area contributed by atoms with E-state index in [1.54, 1.807) is 0 Å². The zero-order valence-corrected chi connectivity index (χ0v) is 12.0. The molecule has 17 heavy (non-hydrogen) atoms. The van der Waals surface area contributed by atoms with E-state index in [9.17, 15) is 8.42 Å². The number of aliphatic hydroxyl groups is 1. The molecule has 0 aromatic heterocycles. The molecule has 0 rings (SSSR count). The van der Waals surface area contributed by atoms with Gasteiger partial charge in [0, 0.05) is 18.3 Å². The van der Waals surface area contributed by atoms with E-state index in [0.717, 1.165) is 25.8 Å². The van der Waals surface area contributed by atoms with Crippen molar-refractivity contribution in [2.24, 2.45) is 5.73 Å². The third kappa shape index (κ3) is 10.7. The van der Waals surface area contributed by atoms with Crippen molar-refractivity contribution in [2.75, 3.05) is 38.8 Å². The molecular formula is C11H26N2O3S. The minimum atomic E-state index is -2.87. The smallest absolute Gasteiger partial charge is 0.148 e. The average Bonchev–Trinajstić information content (AvgIpc) is 2.20. The summed E-state index contributed by atoms with van der Waals surface area (Å²) in [7, 11) is -0.956. The van der Waals surface area contributed by atoms with Crippen LogP contribution < -0.4 is 5.73 Å². The molecule has 0 aromatic rings. The third-order valence-electron chi connectivity index (χ3n) is 2.74. The summed E-state index contributed by atoms with van der Waals surface area (Å²) in [6.07, 6.45) is 3.94. The standard InChI is InChI=1S/C11H26N2O3S/c1-11(12,10-14)6-4-5-7-13(2)8-9-17(3,15)16/h14H,4-10,12H2,1-3H3. The van der Waals surface area contributed by atoms with Crippen LogP contribution in [0.5, 0.6) is 0 Å². The van der Waals surface area contributed by atoms with Crippen LogP contribution in [0.4, 0.5) is 0 Å². The van der Waals surface area contributed by atoms with Gasteiger partial charge in [-0.05, 0) is 33.4 Å². The quantitative estimate of drug-likeness (QED) is 0.567. The first kappa shape index (κ1) is 16.8. The Morgan fingerprint density at radius 2 is 1.88 bits per heavy atom. The molecule has 0 saturated heterocycles. The summed E-state index contributed by atoms with van der Waals surface area (Å²) in [4.78, 5) is 2.01. The maximum Gasteiger partial charge on any atom is 0.148 e. The summed E-state index contributed by atoms with van der Waals surface area (Å²) in [5, 5.41) is 8.97. The molecule has 0 aromatic carbocycles. The monoisotopic (exact) mass is 266 g/mol. The van der Waals surface area contributed by atoms with Gasteiger partial charge in [0.25, 0.3) is 0 Å². The van der Waals surface area contributed by atoms with Gasteiger partial charge in [0.15, 0.2) is 0 Å². The van der Waals surface area contributed by atoms with Crippen molar-refractivity contribution in [2.45, 2.75) is 31.7 Å². The average molecular weight is 266 g/mol. The Labute approximate surface area is 105 Å². The van der Waals surface area contributed by atoms with Crippen LogP contribution in [0, 0.1) is 0 Å².